The van der Waals surface area contributed by atoms with Crippen LogP contribution in [0.4, 0.5) is 10.1 Å². The molecule has 3 atom stereocenters. The predicted octanol–water partition coefficient (Wildman–Crippen LogP) is 5.14. The SMILES string of the molecule is CCOC(CC(=O)[C@H]1CN[C@@H](C(=O)Nc2ccc(Oc3ccc(F)cc3)cc2)C1)Cc1ccccc1. The molecular weight excluding hydrogens is 459 g/mol. The Labute approximate surface area is 210 Å². The van der Waals surface area contributed by atoms with Crippen LogP contribution in [0, 0.1) is 11.7 Å². The van der Waals surface area contributed by atoms with Gasteiger partial charge in [0.1, 0.15) is 23.1 Å². The van der Waals surface area contributed by atoms with E-state index in [1.807, 2.05) is 37.3 Å². The first-order chi connectivity index (χ1) is 17.5. The van der Waals surface area contributed by atoms with Crippen molar-refractivity contribution in [3.63, 3.8) is 0 Å². The van der Waals surface area contributed by atoms with Gasteiger partial charge >= 0.3 is 0 Å². The molecule has 188 valence electrons. The van der Waals surface area contributed by atoms with Gasteiger partial charge in [-0.15, -0.1) is 0 Å². The smallest absolute Gasteiger partial charge is 0.241 e. The van der Waals surface area contributed by atoms with E-state index in [9.17, 15) is 14.0 Å². The first-order valence-corrected chi connectivity index (χ1v) is 12.3. The third-order valence-corrected chi connectivity index (χ3v) is 6.21. The average molecular weight is 491 g/mol. The molecule has 1 amide bonds. The molecule has 0 bridgehead atoms. The Morgan fingerprint density at radius 3 is 2.33 bits per heavy atom. The first-order valence-electron chi connectivity index (χ1n) is 12.3. The molecule has 0 saturated carbocycles. The van der Waals surface area contributed by atoms with Crippen LogP contribution in [0.5, 0.6) is 11.5 Å². The minimum atomic E-state index is -0.436. The number of ether oxygens (including phenoxy) is 2. The number of anilines is 1. The van der Waals surface area contributed by atoms with E-state index in [1.54, 1.807) is 36.4 Å². The molecular formula is C29H31FN2O4. The Kier molecular flexibility index (Phi) is 8.81. The molecule has 36 heavy (non-hydrogen) atoms. The second kappa shape index (κ2) is 12.4. The maximum atomic E-state index is 13.0. The van der Waals surface area contributed by atoms with Gasteiger partial charge < -0.3 is 20.1 Å². The molecule has 3 aromatic rings. The highest BCUT2D eigenvalue weighted by atomic mass is 19.1. The minimum absolute atomic E-state index is 0.120. The minimum Gasteiger partial charge on any atom is -0.457 e. The topological polar surface area (TPSA) is 76.7 Å². The highest BCUT2D eigenvalue weighted by molar-refractivity contribution is 5.96. The number of benzene rings is 3. The Bertz CT molecular complexity index is 1140. The summed E-state index contributed by atoms with van der Waals surface area (Å²) in [6.45, 7) is 2.96. The molecule has 0 aromatic heterocycles. The number of Topliss-reactive ketones (excluding diaryl/α,β-unsaturated/α-hetero) is 1. The quantitative estimate of drug-likeness (QED) is 0.389. The first kappa shape index (κ1) is 25.5. The normalized spacial score (nSPS) is 17.9. The van der Waals surface area contributed by atoms with Gasteiger partial charge in [0.2, 0.25) is 5.91 Å². The summed E-state index contributed by atoms with van der Waals surface area (Å²) in [7, 11) is 0. The van der Waals surface area contributed by atoms with Crippen LogP contribution in [-0.2, 0) is 20.7 Å². The summed E-state index contributed by atoms with van der Waals surface area (Å²) in [5, 5.41) is 6.08. The second-order valence-electron chi connectivity index (χ2n) is 8.90. The number of rotatable bonds is 11. The van der Waals surface area contributed by atoms with Crippen molar-refractivity contribution in [2.45, 2.75) is 38.3 Å². The fourth-order valence-electron chi connectivity index (χ4n) is 4.35. The number of nitrogens with one attached hydrogen (secondary N) is 2. The summed E-state index contributed by atoms with van der Waals surface area (Å²) in [4.78, 5) is 25.7. The highest BCUT2D eigenvalue weighted by Gasteiger charge is 2.34. The van der Waals surface area contributed by atoms with Crippen LogP contribution in [0.1, 0.15) is 25.3 Å². The van der Waals surface area contributed by atoms with Gasteiger partial charge in [-0.1, -0.05) is 30.3 Å². The third kappa shape index (κ3) is 7.23. The molecule has 1 fully saturated rings. The van der Waals surface area contributed by atoms with Crippen molar-refractivity contribution in [1.29, 1.82) is 0 Å². The molecule has 0 aliphatic carbocycles. The van der Waals surface area contributed by atoms with Crippen molar-refractivity contribution in [3.05, 3.63) is 90.2 Å². The second-order valence-corrected chi connectivity index (χ2v) is 8.90. The van der Waals surface area contributed by atoms with Crippen LogP contribution in [0.15, 0.2) is 78.9 Å². The molecule has 6 nitrogen and oxygen atoms in total. The molecule has 1 aliphatic heterocycles. The molecule has 4 rings (SSSR count). The largest absolute Gasteiger partial charge is 0.457 e. The van der Waals surface area contributed by atoms with Crippen LogP contribution in [0.2, 0.25) is 0 Å². The van der Waals surface area contributed by atoms with Gasteiger partial charge in [-0.05, 0) is 73.9 Å². The van der Waals surface area contributed by atoms with E-state index in [0.717, 1.165) is 5.56 Å². The monoisotopic (exact) mass is 490 g/mol. The van der Waals surface area contributed by atoms with E-state index in [2.05, 4.69) is 10.6 Å². The van der Waals surface area contributed by atoms with E-state index in [0.29, 0.717) is 49.6 Å². The Morgan fingerprint density at radius 2 is 1.67 bits per heavy atom. The molecule has 1 aliphatic rings. The Balaban J connectivity index is 1.26. The van der Waals surface area contributed by atoms with Crippen LogP contribution < -0.4 is 15.4 Å². The van der Waals surface area contributed by atoms with Crippen molar-refractivity contribution >= 4 is 17.4 Å². The van der Waals surface area contributed by atoms with Crippen molar-refractivity contribution in [1.82, 2.24) is 5.32 Å². The molecule has 0 spiro atoms. The van der Waals surface area contributed by atoms with Crippen LogP contribution >= 0.6 is 0 Å². The fourth-order valence-corrected chi connectivity index (χ4v) is 4.35. The average Bonchev–Trinajstić information content (AvgIpc) is 3.38. The molecule has 7 heteroatoms. The number of amides is 1. The number of hydrogen-bond donors (Lipinski definition) is 2. The van der Waals surface area contributed by atoms with E-state index >= 15 is 0 Å². The summed E-state index contributed by atoms with van der Waals surface area (Å²) in [5.41, 5.74) is 1.77. The van der Waals surface area contributed by atoms with Crippen molar-refractivity contribution in [3.8, 4) is 11.5 Å². The number of halogens is 1. The zero-order valence-electron chi connectivity index (χ0n) is 20.3. The summed E-state index contributed by atoms with van der Waals surface area (Å²) < 4.78 is 24.6. The van der Waals surface area contributed by atoms with Gasteiger partial charge in [0.25, 0.3) is 0 Å². The standard InChI is InChI=1S/C29H31FN2O4/c1-2-35-26(16-20-6-4-3-5-7-20)18-28(33)21-17-27(31-19-21)29(34)32-23-10-14-25(15-11-23)36-24-12-8-22(30)9-13-24/h3-15,21,26-27,31H,2,16-19H2,1H3,(H,32,34)/t21-,26?,27-/m1/s1. The van der Waals surface area contributed by atoms with Crippen molar-refractivity contribution < 1.29 is 23.5 Å². The maximum absolute atomic E-state index is 13.0. The van der Waals surface area contributed by atoms with Gasteiger partial charge in [0, 0.05) is 31.2 Å². The van der Waals surface area contributed by atoms with E-state index < -0.39 is 6.04 Å². The number of hydrogen-bond acceptors (Lipinski definition) is 5. The van der Waals surface area contributed by atoms with Crippen molar-refractivity contribution in [2.24, 2.45) is 5.92 Å². The third-order valence-electron chi connectivity index (χ3n) is 6.21. The zero-order valence-corrected chi connectivity index (χ0v) is 20.3. The lowest BCUT2D eigenvalue weighted by Gasteiger charge is -2.18. The van der Waals surface area contributed by atoms with Gasteiger partial charge in [0.05, 0.1) is 12.1 Å². The van der Waals surface area contributed by atoms with Gasteiger partial charge in [-0.2, -0.15) is 0 Å². The van der Waals surface area contributed by atoms with Gasteiger partial charge in [-0.25, -0.2) is 4.39 Å². The van der Waals surface area contributed by atoms with Crippen LogP contribution in [0.25, 0.3) is 0 Å². The van der Waals surface area contributed by atoms with Crippen molar-refractivity contribution in [2.75, 3.05) is 18.5 Å². The van der Waals surface area contributed by atoms with Crippen LogP contribution in [-0.4, -0.2) is 37.0 Å². The number of ketones is 1. The summed E-state index contributed by atoms with van der Waals surface area (Å²) in [6, 6.07) is 22.3. The maximum Gasteiger partial charge on any atom is 0.241 e. The van der Waals surface area contributed by atoms with Crippen LogP contribution in [0.3, 0.4) is 0 Å². The molecule has 0 radical (unpaired) electrons. The number of carbonyl (C=O) groups is 2. The van der Waals surface area contributed by atoms with E-state index in [1.165, 1.54) is 12.1 Å². The molecule has 3 aromatic carbocycles. The van der Waals surface area contributed by atoms with Gasteiger partial charge in [0.15, 0.2) is 0 Å². The molecule has 1 heterocycles. The summed E-state index contributed by atoms with van der Waals surface area (Å²) in [6.07, 6.45) is 1.30. The Morgan fingerprint density at radius 1 is 1.00 bits per heavy atom. The summed E-state index contributed by atoms with van der Waals surface area (Å²) >= 11 is 0. The zero-order chi connectivity index (χ0) is 25.3. The molecule has 2 N–H and O–H groups in total. The lowest BCUT2D eigenvalue weighted by Crippen LogP contribution is -2.35. The predicted molar refractivity (Wildman–Crippen MR) is 137 cm³/mol. The summed E-state index contributed by atoms with van der Waals surface area (Å²) in [5.74, 6) is 0.493. The van der Waals surface area contributed by atoms with Gasteiger partial charge in [-0.3, -0.25) is 9.59 Å². The van der Waals surface area contributed by atoms with E-state index in [-0.39, 0.29) is 29.5 Å². The highest BCUT2D eigenvalue weighted by Crippen LogP contribution is 2.24. The van der Waals surface area contributed by atoms with E-state index in [4.69, 9.17) is 9.47 Å². The Hall–Kier alpha value is -3.55. The molecule has 1 saturated heterocycles. The lowest BCUT2D eigenvalue weighted by molar-refractivity contribution is -0.125. The molecule has 1 unspecified atom stereocenters. The fraction of sp³-hybridized carbons (Fsp3) is 0.310. The lowest BCUT2D eigenvalue weighted by atomic mass is 9.94. The number of carbonyl (C=O) groups excluding carboxylic acids is 2.